The van der Waals surface area contributed by atoms with Crippen molar-refractivity contribution in [2.24, 2.45) is 0 Å². The lowest BCUT2D eigenvalue weighted by Crippen LogP contribution is -2.39. The summed E-state index contributed by atoms with van der Waals surface area (Å²) in [7, 11) is 0. The van der Waals surface area contributed by atoms with Crippen molar-refractivity contribution in [2.75, 3.05) is 0 Å². The molecule has 0 fully saturated rings. The Kier molecular flexibility index (Phi) is 3.09. The first-order valence-corrected chi connectivity index (χ1v) is 4.00. The third-order valence-corrected chi connectivity index (χ3v) is 1.93. The normalized spacial score (nSPS) is 9.75. The van der Waals surface area contributed by atoms with Gasteiger partial charge in [0.15, 0.2) is 5.03 Å². The van der Waals surface area contributed by atoms with E-state index in [1.807, 2.05) is 0 Å². The molecule has 0 aliphatic heterocycles. The fourth-order valence-corrected chi connectivity index (χ4v) is 1.31. The van der Waals surface area contributed by atoms with Gasteiger partial charge in [-0.25, -0.2) is 10.1 Å². The molecule has 0 atom stereocenters. The van der Waals surface area contributed by atoms with Crippen molar-refractivity contribution in [3.05, 3.63) is 55.1 Å². The summed E-state index contributed by atoms with van der Waals surface area (Å²) in [6, 6.07) is 6.01. The first-order chi connectivity index (χ1) is 7.11. The molecular formula is C8H6ClN3O4. The van der Waals surface area contributed by atoms with Gasteiger partial charge >= 0.3 is 11.1 Å². The first-order valence-electron chi connectivity index (χ1n) is 4.00. The van der Waals surface area contributed by atoms with Crippen molar-refractivity contribution < 1.29 is 5.03 Å². The number of benzene rings is 1. The largest absolute Gasteiger partial charge is 0.377 e. The molecule has 0 unspecified atom stereocenters. The van der Waals surface area contributed by atoms with E-state index in [2.05, 4.69) is 4.98 Å². The molecule has 8 heteroatoms. The molecule has 0 aliphatic rings. The quantitative estimate of drug-likeness (QED) is 0.438. The lowest BCUT2D eigenvalue weighted by atomic mass is 10.3. The maximum atomic E-state index is 11.2. The van der Waals surface area contributed by atoms with E-state index in [4.69, 9.17) is 0 Å². The standard InChI is InChI=1S/C8H5N3O4.ClH/c12-7-8(13)10(11(14)15)6-4-2-1-3-5(6)9-7;/h1-4H,(H,9,12);1H. The molecule has 2 rings (SSSR count). The molecule has 1 aromatic carbocycles. The highest BCUT2D eigenvalue weighted by molar-refractivity contribution is 5.85. The van der Waals surface area contributed by atoms with E-state index in [1.165, 1.54) is 12.1 Å². The number of H-pyrrole nitrogens is 1. The zero-order chi connectivity index (χ0) is 11.0. The van der Waals surface area contributed by atoms with Gasteiger partial charge in [0.1, 0.15) is 5.52 Å². The smallest absolute Gasteiger partial charge is 0.315 e. The predicted octanol–water partition coefficient (Wildman–Crippen LogP) is 0.151. The van der Waals surface area contributed by atoms with Crippen molar-refractivity contribution in [2.45, 2.75) is 0 Å². The van der Waals surface area contributed by atoms with Crippen LogP contribution in [-0.4, -0.2) is 14.7 Å². The van der Waals surface area contributed by atoms with Crippen molar-refractivity contribution in [3.8, 4) is 0 Å². The molecule has 1 heterocycles. The summed E-state index contributed by atoms with van der Waals surface area (Å²) >= 11 is 0. The van der Waals surface area contributed by atoms with E-state index in [0.29, 0.717) is 0 Å². The average Bonchev–Trinajstić information content (AvgIpc) is 2.19. The average molecular weight is 244 g/mol. The Bertz CT molecular complexity index is 660. The van der Waals surface area contributed by atoms with Gasteiger partial charge in [-0.05, 0) is 16.8 Å². The number of hydrogen-bond donors (Lipinski definition) is 1. The molecule has 1 aromatic heterocycles. The Morgan fingerprint density at radius 3 is 2.50 bits per heavy atom. The van der Waals surface area contributed by atoms with Gasteiger partial charge in [0.05, 0.1) is 5.52 Å². The van der Waals surface area contributed by atoms with Gasteiger partial charge in [-0.1, -0.05) is 12.1 Å². The highest BCUT2D eigenvalue weighted by Crippen LogP contribution is 2.05. The summed E-state index contributed by atoms with van der Waals surface area (Å²) in [6.45, 7) is 0. The van der Waals surface area contributed by atoms with Crippen LogP contribution < -0.4 is 11.1 Å². The van der Waals surface area contributed by atoms with Crippen molar-refractivity contribution in [1.82, 2.24) is 9.66 Å². The second-order valence-electron chi connectivity index (χ2n) is 2.83. The van der Waals surface area contributed by atoms with Crippen LogP contribution in [0.25, 0.3) is 11.0 Å². The minimum absolute atomic E-state index is 0. The van der Waals surface area contributed by atoms with Crippen LogP contribution in [0, 0.1) is 10.1 Å². The summed E-state index contributed by atoms with van der Waals surface area (Å²) in [5.41, 5.74) is -1.89. The predicted molar refractivity (Wildman–Crippen MR) is 58.5 cm³/mol. The molecule has 0 saturated carbocycles. The Labute approximate surface area is 93.9 Å². The van der Waals surface area contributed by atoms with Crippen molar-refractivity contribution >= 4 is 23.4 Å². The highest BCUT2D eigenvalue weighted by atomic mass is 35.5. The zero-order valence-corrected chi connectivity index (χ0v) is 8.56. The van der Waals surface area contributed by atoms with Crippen LogP contribution in [-0.2, 0) is 0 Å². The molecule has 1 N–H and O–H groups in total. The molecule has 84 valence electrons. The molecular weight excluding hydrogens is 238 g/mol. The van der Waals surface area contributed by atoms with Crippen LogP contribution >= 0.6 is 12.4 Å². The Morgan fingerprint density at radius 1 is 1.25 bits per heavy atom. The molecule has 0 spiro atoms. The van der Waals surface area contributed by atoms with Crippen LogP contribution in [0.15, 0.2) is 33.9 Å². The molecule has 0 radical (unpaired) electrons. The number of hydrogen-bond acceptors (Lipinski definition) is 4. The molecule has 0 amide bonds. The lowest BCUT2D eigenvalue weighted by molar-refractivity contribution is -0.540. The van der Waals surface area contributed by atoms with E-state index in [0.717, 1.165) is 0 Å². The summed E-state index contributed by atoms with van der Waals surface area (Å²) in [5.74, 6) is 0. The van der Waals surface area contributed by atoms with E-state index in [-0.39, 0.29) is 28.1 Å². The zero-order valence-electron chi connectivity index (χ0n) is 7.75. The lowest BCUT2D eigenvalue weighted by Gasteiger charge is -1.99. The molecule has 0 bridgehead atoms. The van der Waals surface area contributed by atoms with Gasteiger partial charge in [-0.15, -0.1) is 12.4 Å². The van der Waals surface area contributed by atoms with Crippen LogP contribution in [0.1, 0.15) is 0 Å². The number of fused-ring (bicyclic) bond motifs is 1. The second kappa shape index (κ2) is 4.15. The van der Waals surface area contributed by atoms with Gasteiger partial charge in [0.25, 0.3) is 0 Å². The summed E-state index contributed by atoms with van der Waals surface area (Å²) in [4.78, 5) is 35.1. The third-order valence-electron chi connectivity index (χ3n) is 1.93. The highest BCUT2D eigenvalue weighted by Gasteiger charge is 2.14. The van der Waals surface area contributed by atoms with Gasteiger partial charge in [0, 0.05) is 0 Å². The van der Waals surface area contributed by atoms with Crippen LogP contribution in [0.2, 0.25) is 0 Å². The topological polar surface area (TPSA) is 98.0 Å². The van der Waals surface area contributed by atoms with Crippen molar-refractivity contribution in [3.63, 3.8) is 0 Å². The number of nitrogens with one attached hydrogen (secondary N) is 1. The van der Waals surface area contributed by atoms with Gasteiger partial charge < -0.3 is 4.98 Å². The fourth-order valence-electron chi connectivity index (χ4n) is 1.31. The first kappa shape index (κ1) is 11.9. The van der Waals surface area contributed by atoms with Gasteiger partial charge in [-0.3, -0.25) is 9.59 Å². The minimum atomic E-state index is -1.20. The van der Waals surface area contributed by atoms with Crippen LogP contribution in [0.3, 0.4) is 0 Å². The molecule has 7 nitrogen and oxygen atoms in total. The molecule has 0 saturated heterocycles. The van der Waals surface area contributed by atoms with E-state index in [9.17, 15) is 19.7 Å². The molecule has 0 aliphatic carbocycles. The minimum Gasteiger partial charge on any atom is -0.315 e. The maximum absolute atomic E-state index is 11.2. The number of halogens is 1. The number of aromatic nitrogens is 2. The third kappa shape index (κ3) is 1.68. The van der Waals surface area contributed by atoms with Crippen LogP contribution in [0.5, 0.6) is 0 Å². The number of aromatic amines is 1. The Hall–Kier alpha value is -2.15. The van der Waals surface area contributed by atoms with Crippen LogP contribution in [0.4, 0.5) is 0 Å². The summed E-state index contributed by atoms with van der Waals surface area (Å²) in [6.07, 6.45) is 0. The Balaban J connectivity index is 0.00000128. The number of nitro groups is 1. The monoisotopic (exact) mass is 243 g/mol. The van der Waals surface area contributed by atoms with Gasteiger partial charge in [0.2, 0.25) is 0 Å². The second-order valence-corrected chi connectivity index (χ2v) is 2.83. The van der Waals surface area contributed by atoms with E-state index in [1.54, 1.807) is 12.1 Å². The summed E-state index contributed by atoms with van der Waals surface area (Å²) < 4.78 is 0.230. The number of nitrogens with zero attached hydrogens (tertiary/aromatic N) is 2. The maximum Gasteiger partial charge on any atom is 0.377 e. The Morgan fingerprint density at radius 2 is 1.88 bits per heavy atom. The van der Waals surface area contributed by atoms with E-state index >= 15 is 0 Å². The molecule has 2 aromatic rings. The summed E-state index contributed by atoms with van der Waals surface area (Å²) in [5, 5.41) is 9.69. The molecule has 16 heavy (non-hydrogen) atoms. The fraction of sp³-hybridized carbons (Fsp3) is 0. The van der Waals surface area contributed by atoms with E-state index < -0.39 is 16.2 Å². The SMILES string of the molecule is Cl.O=c1[nH]c2ccccc2n([N+](=O)[O-])c1=O. The van der Waals surface area contributed by atoms with Crippen molar-refractivity contribution in [1.29, 1.82) is 0 Å². The van der Waals surface area contributed by atoms with Gasteiger partial charge in [-0.2, -0.15) is 0 Å². The number of para-hydroxylation sites is 2. The number of rotatable bonds is 1.